The molecule has 0 spiro atoms. The Bertz CT molecular complexity index is 699. The number of piperidine rings is 1. The molecule has 0 unspecified atom stereocenters. The Balaban J connectivity index is 1.68. The maximum Gasteiger partial charge on any atom is 0.227 e. The predicted molar refractivity (Wildman–Crippen MR) is 101 cm³/mol. The molecule has 5 nitrogen and oxygen atoms in total. The van der Waals surface area contributed by atoms with Crippen molar-refractivity contribution < 1.29 is 14.3 Å². The quantitative estimate of drug-likeness (QED) is 0.855. The van der Waals surface area contributed by atoms with Gasteiger partial charge < -0.3 is 15.0 Å². The lowest BCUT2D eigenvalue weighted by molar-refractivity contribution is -0.143. The fourth-order valence-corrected chi connectivity index (χ4v) is 3.91. The number of hydrogen-bond acceptors (Lipinski definition) is 3. The van der Waals surface area contributed by atoms with Gasteiger partial charge in [0.1, 0.15) is 5.75 Å². The molecule has 0 bridgehead atoms. The van der Waals surface area contributed by atoms with Gasteiger partial charge in [-0.3, -0.25) is 9.59 Å². The van der Waals surface area contributed by atoms with E-state index in [1.165, 1.54) is 0 Å². The molecule has 6 heteroatoms. The Morgan fingerprint density at radius 2 is 2.04 bits per heavy atom. The molecule has 3 rings (SSSR count). The van der Waals surface area contributed by atoms with E-state index in [-0.39, 0.29) is 23.8 Å². The molecule has 1 saturated heterocycles. The third-order valence-electron chi connectivity index (χ3n) is 5.06. The van der Waals surface area contributed by atoms with Gasteiger partial charge in [-0.2, -0.15) is 0 Å². The van der Waals surface area contributed by atoms with Gasteiger partial charge in [0.2, 0.25) is 11.8 Å². The number of rotatable bonds is 2. The van der Waals surface area contributed by atoms with Gasteiger partial charge in [0.25, 0.3) is 0 Å². The molecule has 2 aliphatic heterocycles. The Labute approximate surface area is 160 Å². The summed E-state index contributed by atoms with van der Waals surface area (Å²) in [5.41, 5.74) is 0.505. The number of ether oxygens (including phenoxy) is 1. The van der Waals surface area contributed by atoms with E-state index in [2.05, 4.69) is 5.32 Å². The average molecular weight is 379 g/mol. The van der Waals surface area contributed by atoms with Gasteiger partial charge >= 0.3 is 0 Å². The largest absolute Gasteiger partial charge is 0.492 e. The molecule has 1 aromatic rings. The van der Waals surface area contributed by atoms with E-state index in [1.807, 2.05) is 37.8 Å². The number of benzene rings is 1. The molecule has 2 aliphatic rings. The summed E-state index contributed by atoms with van der Waals surface area (Å²) >= 11 is 6.21. The smallest absolute Gasteiger partial charge is 0.227 e. The second kappa shape index (κ2) is 7.47. The van der Waals surface area contributed by atoms with Crippen molar-refractivity contribution >= 4 is 23.4 Å². The van der Waals surface area contributed by atoms with Crippen molar-refractivity contribution in [3.05, 3.63) is 28.8 Å². The van der Waals surface area contributed by atoms with Crippen LogP contribution in [0, 0.1) is 11.3 Å². The van der Waals surface area contributed by atoms with Crippen molar-refractivity contribution in [1.82, 2.24) is 10.2 Å². The maximum absolute atomic E-state index is 12.9. The van der Waals surface area contributed by atoms with Crippen molar-refractivity contribution in [2.75, 3.05) is 19.7 Å². The lowest BCUT2D eigenvalue weighted by Gasteiger charge is -2.36. The number of likely N-dealkylation sites (tertiary alicyclic amines) is 1. The first-order chi connectivity index (χ1) is 12.3. The molecule has 0 radical (unpaired) electrons. The number of nitrogens with zero attached hydrogens (tertiary/aromatic N) is 1. The molecule has 1 fully saturated rings. The summed E-state index contributed by atoms with van der Waals surface area (Å²) in [6, 6.07) is 5.52. The first-order valence-electron chi connectivity index (χ1n) is 9.28. The first-order valence-corrected chi connectivity index (χ1v) is 9.66. The lowest BCUT2D eigenvalue weighted by atomic mass is 9.90. The lowest BCUT2D eigenvalue weighted by Crippen LogP contribution is -2.49. The van der Waals surface area contributed by atoms with Gasteiger partial charge in [-0.25, -0.2) is 0 Å². The Morgan fingerprint density at radius 3 is 2.77 bits per heavy atom. The van der Waals surface area contributed by atoms with Crippen LogP contribution in [0.15, 0.2) is 18.2 Å². The summed E-state index contributed by atoms with van der Waals surface area (Å²) in [6.45, 7) is 7.51. The molecule has 2 amide bonds. The summed E-state index contributed by atoms with van der Waals surface area (Å²) in [6.07, 6.45) is 2.39. The highest BCUT2D eigenvalue weighted by Crippen LogP contribution is 2.37. The topological polar surface area (TPSA) is 58.6 Å². The fraction of sp³-hybridized carbons (Fsp3) is 0.600. The van der Waals surface area contributed by atoms with E-state index < -0.39 is 5.41 Å². The summed E-state index contributed by atoms with van der Waals surface area (Å²) < 4.78 is 5.66. The Morgan fingerprint density at radius 1 is 1.27 bits per heavy atom. The Hall–Kier alpha value is -1.75. The highest BCUT2D eigenvalue weighted by atomic mass is 35.5. The van der Waals surface area contributed by atoms with Crippen LogP contribution in [0.1, 0.15) is 51.6 Å². The van der Waals surface area contributed by atoms with E-state index >= 15 is 0 Å². The molecule has 142 valence electrons. The maximum atomic E-state index is 12.9. The van der Waals surface area contributed by atoms with Gasteiger partial charge in [0, 0.05) is 30.5 Å². The van der Waals surface area contributed by atoms with Gasteiger partial charge in [-0.15, -0.1) is 0 Å². The number of para-hydroxylation sites is 1. The zero-order valence-corrected chi connectivity index (χ0v) is 16.4. The van der Waals surface area contributed by atoms with Crippen LogP contribution in [-0.2, 0) is 9.59 Å². The summed E-state index contributed by atoms with van der Waals surface area (Å²) in [7, 11) is 0. The van der Waals surface area contributed by atoms with Crippen LogP contribution in [0.4, 0.5) is 0 Å². The molecule has 26 heavy (non-hydrogen) atoms. The molecule has 1 aromatic carbocycles. The van der Waals surface area contributed by atoms with E-state index in [1.54, 1.807) is 6.07 Å². The number of carbonyl (C=O) groups is 2. The predicted octanol–water partition coefficient (Wildman–Crippen LogP) is 3.56. The van der Waals surface area contributed by atoms with Crippen molar-refractivity contribution in [2.24, 2.45) is 11.3 Å². The van der Waals surface area contributed by atoms with Crippen molar-refractivity contribution in [1.29, 1.82) is 0 Å². The molecular weight excluding hydrogens is 352 g/mol. The van der Waals surface area contributed by atoms with Crippen LogP contribution in [0.2, 0.25) is 5.02 Å². The first kappa shape index (κ1) is 19.0. The second-order valence-corrected chi connectivity index (χ2v) is 8.60. The number of nitrogens with one attached hydrogen (secondary N) is 1. The van der Waals surface area contributed by atoms with Gasteiger partial charge in [0.05, 0.1) is 23.6 Å². The highest BCUT2D eigenvalue weighted by molar-refractivity contribution is 6.32. The zero-order valence-electron chi connectivity index (χ0n) is 15.7. The number of hydrogen-bond donors (Lipinski definition) is 1. The molecule has 2 heterocycles. The van der Waals surface area contributed by atoms with Crippen LogP contribution in [-0.4, -0.2) is 36.4 Å². The van der Waals surface area contributed by atoms with Crippen LogP contribution in [0.5, 0.6) is 5.75 Å². The van der Waals surface area contributed by atoms with Crippen LogP contribution >= 0.6 is 11.6 Å². The number of amides is 2. The minimum Gasteiger partial charge on any atom is -0.492 e. The van der Waals surface area contributed by atoms with E-state index in [9.17, 15) is 9.59 Å². The third kappa shape index (κ3) is 3.98. The van der Waals surface area contributed by atoms with E-state index in [0.29, 0.717) is 23.9 Å². The summed E-state index contributed by atoms with van der Waals surface area (Å²) in [5, 5.41) is 3.73. The molecule has 2 atom stereocenters. The standard InChI is InChI=1S/C20H27ClN2O3/c1-20(2,3)19(25)23-10-5-6-13(12-23)18(24)22-16-9-11-26-17-14(16)7-4-8-15(17)21/h4,7-8,13,16H,5-6,9-12H2,1-3H3,(H,22,24)/t13-,16-/m0/s1. The molecule has 0 aromatic heterocycles. The number of carbonyl (C=O) groups excluding carboxylic acids is 2. The minimum absolute atomic E-state index is 0.00855. The summed E-state index contributed by atoms with van der Waals surface area (Å²) in [4.78, 5) is 27.2. The Kier molecular flexibility index (Phi) is 5.47. The molecule has 0 aliphatic carbocycles. The normalized spacial score (nSPS) is 23.0. The zero-order chi connectivity index (χ0) is 18.9. The van der Waals surface area contributed by atoms with Crippen molar-refractivity contribution in [2.45, 2.75) is 46.1 Å². The van der Waals surface area contributed by atoms with E-state index in [4.69, 9.17) is 16.3 Å². The highest BCUT2D eigenvalue weighted by Gasteiger charge is 2.34. The second-order valence-electron chi connectivity index (χ2n) is 8.20. The minimum atomic E-state index is -0.422. The number of fused-ring (bicyclic) bond motifs is 1. The molecular formula is C20H27ClN2O3. The SMILES string of the molecule is CC(C)(C)C(=O)N1CCC[C@H](C(=O)N[C@H]2CCOc3c(Cl)cccc32)C1. The van der Waals surface area contributed by atoms with Crippen LogP contribution < -0.4 is 10.1 Å². The molecule has 1 N–H and O–H groups in total. The van der Waals surface area contributed by atoms with Crippen molar-refractivity contribution in [3.63, 3.8) is 0 Å². The monoisotopic (exact) mass is 378 g/mol. The fourth-order valence-electron chi connectivity index (χ4n) is 3.68. The summed E-state index contributed by atoms with van der Waals surface area (Å²) in [5.74, 6) is 0.617. The van der Waals surface area contributed by atoms with Crippen LogP contribution in [0.3, 0.4) is 0 Å². The van der Waals surface area contributed by atoms with Crippen LogP contribution in [0.25, 0.3) is 0 Å². The van der Waals surface area contributed by atoms with E-state index in [0.717, 1.165) is 31.4 Å². The van der Waals surface area contributed by atoms with Gasteiger partial charge in [-0.1, -0.05) is 44.5 Å². The van der Waals surface area contributed by atoms with Gasteiger partial charge in [-0.05, 0) is 18.9 Å². The average Bonchev–Trinajstić information content (AvgIpc) is 2.61. The molecule has 0 saturated carbocycles. The van der Waals surface area contributed by atoms with Gasteiger partial charge in [0.15, 0.2) is 0 Å². The van der Waals surface area contributed by atoms with Crippen molar-refractivity contribution in [3.8, 4) is 5.75 Å². The third-order valence-corrected chi connectivity index (χ3v) is 5.36. The number of halogens is 1.